The van der Waals surface area contributed by atoms with Crippen LogP contribution in [0, 0.1) is 6.92 Å². The van der Waals surface area contributed by atoms with Crippen LogP contribution in [0.25, 0.3) is 5.57 Å². The summed E-state index contributed by atoms with van der Waals surface area (Å²) in [5.74, 6) is 0.547. The summed E-state index contributed by atoms with van der Waals surface area (Å²) in [6, 6.07) is 13.2. The van der Waals surface area contributed by atoms with Gasteiger partial charge in [-0.2, -0.15) is 0 Å². The Bertz CT molecular complexity index is 899. The van der Waals surface area contributed by atoms with Crippen molar-refractivity contribution in [3.63, 3.8) is 0 Å². The minimum Gasteiger partial charge on any atom is -0.362 e. The Balaban J connectivity index is 1.95. The predicted octanol–water partition coefficient (Wildman–Crippen LogP) is 7.28. The topological polar surface area (TPSA) is 15.6 Å². The highest BCUT2D eigenvalue weighted by Crippen LogP contribution is 2.40. The Kier molecular flexibility index (Phi) is 5.79. The van der Waals surface area contributed by atoms with Crippen LogP contribution in [0.3, 0.4) is 0 Å². The summed E-state index contributed by atoms with van der Waals surface area (Å²) < 4.78 is 0. The van der Waals surface area contributed by atoms with E-state index in [4.69, 9.17) is 4.99 Å². The normalized spacial score (nSPS) is 15.9. The van der Waals surface area contributed by atoms with Gasteiger partial charge in [-0.3, -0.25) is 4.99 Å². The lowest BCUT2D eigenvalue weighted by Crippen LogP contribution is -2.45. The van der Waals surface area contributed by atoms with Crippen LogP contribution in [0.2, 0.25) is 0 Å². The minimum absolute atomic E-state index is 0.0489. The van der Waals surface area contributed by atoms with Gasteiger partial charge in [-0.25, -0.2) is 0 Å². The van der Waals surface area contributed by atoms with E-state index >= 15 is 0 Å². The molecular weight excluding hydrogens is 340 g/mol. The fourth-order valence-corrected chi connectivity index (χ4v) is 4.11. The molecule has 148 valence electrons. The van der Waals surface area contributed by atoms with Crippen LogP contribution in [-0.2, 0) is 0 Å². The molecule has 3 rings (SSSR count). The van der Waals surface area contributed by atoms with E-state index in [1.165, 1.54) is 33.5 Å². The number of rotatable bonds is 5. The summed E-state index contributed by atoms with van der Waals surface area (Å²) in [5, 5.41) is 0. The van der Waals surface area contributed by atoms with Crippen molar-refractivity contribution in [2.45, 2.75) is 66.3 Å². The summed E-state index contributed by atoms with van der Waals surface area (Å²) in [4.78, 5) is 7.27. The molecule has 0 atom stereocenters. The predicted molar refractivity (Wildman–Crippen MR) is 124 cm³/mol. The third kappa shape index (κ3) is 4.06. The Labute approximate surface area is 171 Å². The Morgan fingerprint density at radius 1 is 1.07 bits per heavy atom. The van der Waals surface area contributed by atoms with E-state index in [2.05, 4.69) is 95.8 Å². The van der Waals surface area contributed by atoms with E-state index in [1.54, 1.807) is 0 Å². The maximum Gasteiger partial charge on any atom is 0.0630 e. The van der Waals surface area contributed by atoms with Gasteiger partial charge in [0.1, 0.15) is 0 Å². The molecule has 2 aromatic rings. The smallest absolute Gasteiger partial charge is 0.0630 e. The quantitative estimate of drug-likeness (QED) is 0.502. The molecule has 0 bridgehead atoms. The number of hydrogen-bond acceptors (Lipinski definition) is 2. The molecule has 0 aromatic heterocycles. The largest absolute Gasteiger partial charge is 0.362 e. The maximum atomic E-state index is 4.74. The summed E-state index contributed by atoms with van der Waals surface area (Å²) in [7, 11) is 0. The fraction of sp³-hybridized carbons (Fsp3) is 0.423. The van der Waals surface area contributed by atoms with Gasteiger partial charge in [0.05, 0.1) is 11.2 Å². The van der Waals surface area contributed by atoms with Gasteiger partial charge in [0.25, 0.3) is 0 Å². The number of anilines is 1. The van der Waals surface area contributed by atoms with E-state index in [0.29, 0.717) is 5.92 Å². The first-order valence-electron chi connectivity index (χ1n) is 10.5. The average molecular weight is 375 g/mol. The van der Waals surface area contributed by atoms with Crippen molar-refractivity contribution < 1.29 is 0 Å². The van der Waals surface area contributed by atoms with Crippen LogP contribution in [0.4, 0.5) is 11.4 Å². The number of hydrogen-bond donors (Lipinski definition) is 0. The summed E-state index contributed by atoms with van der Waals surface area (Å²) in [6.07, 6.45) is 5.55. The van der Waals surface area contributed by atoms with Gasteiger partial charge >= 0.3 is 0 Å². The van der Waals surface area contributed by atoms with Crippen LogP contribution < -0.4 is 4.90 Å². The highest BCUT2D eigenvalue weighted by Gasteiger charge is 2.31. The number of fused-ring (bicyclic) bond motifs is 1. The van der Waals surface area contributed by atoms with Crippen molar-refractivity contribution in [3.05, 3.63) is 64.7 Å². The lowest BCUT2D eigenvalue weighted by atomic mass is 9.87. The molecule has 1 aliphatic heterocycles. The number of benzene rings is 2. The molecule has 0 aliphatic carbocycles. The number of allylic oxidation sites excluding steroid dienone is 1. The van der Waals surface area contributed by atoms with Crippen molar-refractivity contribution in [2.75, 3.05) is 11.4 Å². The van der Waals surface area contributed by atoms with Crippen LogP contribution in [-0.4, -0.2) is 18.3 Å². The summed E-state index contributed by atoms with van der Waals surface area (Å²) in [5.41, 5.74) is 8.89. The highest BCUT2D eigenvalue weighted by atomic mass is 15.2. The monoisotopic (exact) mass is 374 g/mol. The highest BCUT2D eigenvalue weighted by molar-refractivity contribution is 5.90. The number of aliphatic imine (C=N–C) groups is 1. The fourth-order valence-electron chi connectivity index (χ4n) is 4.11. The molecule has 0 saturated heterocycles. The Morgan fingerprint density at radius 2 is 1.75 bits per heavy atom. The minimum atomic E-state index is 0.0489. The van der Waals surface area contributed by atoms with Crippen molar-refractivity contribution in [3.8, 4) is 0 Å². The summed E-state index contributed by atoms with van der Waals surface area (Å²) >= 11 is 0. The Hall–Kier alpha value is -2.35. The molecule has 0 saturated carbocycles. The first-order valence-corrected chi connectivity index (χ1v) is 10.5. The molecule has 2 nitrogen and oxygen atoms in total. The molecule has 1 heterocycles. The lowest BCUT2D eigenvalue weighted by Gasteiger charge is -2.43. The van der Waals surface area contributed by atoms with Gasteiger partial charge in [-0.1, -0.05) is 39.0 Å². The molecule has 0 unspecified atom stereocenters. The lowest BCUT2D eigenvalue weighted by molar-refractivity contribution is 0.550. The molecule has 0 radical (unpaired) electrons. The maximum absolute atomic E-state index is 4.74. The average Bonchev–Trinajstić information content (AvgIpc) is 2.63. The van der Waals surface area contributed by atoms with Crippen LogP contribution in [0.1, 0.15) is 76.1 Å². The van der Waals surface area contributed by atoms with Crippen LogP contribution in [0.15, 0.2) is 47.5 Å². The van der Waals surface area contributed by atoms with Gasteiger partial charge in [0, 0.05) is 24.0 Å². The Morgan fingerprint density at radius 3 is 2.36 bits per heavy atom. The molecule has 0 fully saturated rings. The first kappa shape index (κ1) is 20.4. The zero-order chi connectivity index (χ0) is 20.5. The SMILES string of the molecule is CCCN1c2cc(C)c(C=Nc3ccc(C(C)C)cc3)cc2C(C)=CC1(C)C. The van der Waals surface area contributed by atoms with E-state index in [0.717, 1.165) is 18.7 Å². The third-order valence-corrected chi connectivity index (χ3v) is 5.73. The standard InChI is InChI=1S/C26H34N2/c1-8-13-28-25-14-19(4)22(15-24(25)20(5)16-26(28,6)7)17-27-23-11-9-21(10-12-23)18(2)3/h9-12,14-18H,8,13H2,1-7H3. The van der Waals surface area contributed by atoms with Gasteiger partial charge in [-0.05, 0) is 86.6 Å². The molecule has 2 aromatic carbocycles. The van der Waals surface area contributed by atoms with Crippen molar-refractivity contribution in [1.29, 1.82) is 0 Å². The first-order chi connectivity index (χ1) is 13.2. The zero-order valence-electron chi connectivity index (χ0n) is 18.5. The third-order valence-electron chi connectivity index (χ3n) is 5.73. The second-order valence-electron chi connectivity index (χ2n) is 8.86. The second kappa shape index (κ2) is 7.95. The van der Waals surface area contributed by atoms with Crippen molar-refractivity contribution >= 4 is 23.2 Å². The van der Waals surface area contributed by atoms with Crippen LogP contribution >= 0.6 is 0 Å². The van der Waals surface area contributed by atoms with Gasteiger partial charge in [0.2, 0.25) is 0 Å². The number of aryl methyl sites for hydroxylation is 1. The molecule has 0 amide bonds. The van der Waals surface area contributed by atoms with Gasteiger partial charge < -0.3 is 4.90 Å². The molecule has 28 heavy (non-hydrogen) atoms. The molecule has 0 spiro atoms. The molecule has 1 aliphatic rings. The molecule has 2 heteroatoms. The molecule has 0 N–H and O–H groups in total. The van der Waals surface area contributed by atoms with Crippen molar-refractivity contribution in [1.82, 2.24) is 0 Å². The molecular formula is C26H34N2. The summed E-state index contributed by atoms with van der Waals surface area (Å²) in [6.45, 7) is 16.8. The van der Waals surface area contributed by atoms with E-state index in [9.17, 15) is 0 Å². The van der Waals surface area contributed by atoms with Gasteiger partial charge in [-0.15, -0.1) is 0 Å². The van der Waals surface area contributed by atoms with Crippen LogP contribution in [0.5, 0.6) is 0 Å². The number of nitrogens with zero attached hydrogens (tertiary/aromatic N) is 2. The van der Waals surface area contributed by atoms with Gasteiger partial charge in [0.15, 0.2) is 0 Å². The van der Waals surface area contributed by atoms with E-state index in [1.807, 2.05) is 6.21 Å². The van der Waals surface area contributed by atoms with Crippen molar-refractivity contribution in [2.24, 2.45) is 4.99 Å². The zero-order valence-corrected chi connectivity index (χ0v) is 18.5. The van der Waals surface area contributed by atoms with E-state index in [-0.39, 0.29) is 5.54 Å². The second-order valence-corrected chi connectivity index (χ2v) is 8.86. The van der Waals surface area contributed by atoms with E-state index < -0.39 is 0 Å².